The smallest absolute Gasteiger partial charge is 0.567 e. The van der Waals surface area contributed by atoms with Gasteiger partial charge in [0.2, 0.25) is 0 Å². The molecule has 0 amide bonds. The van der Waals surface area contributed by atoms with Crippen molar-refractivity contribution < 1.29 is 18.3 Å². The molecule has 1 saturated heterocycles. The number of halogens is 1. The number of carbonyl (C=O) groups excluding carboxylic acids is 1. The Labute approximate surface area is 141 Å². The summed E-state index contributed by atoms with van der Waals surface area (Å²) in [5, 5.41) is 0. The molecule has 0 saturated carbocycles. The second-order valence-corrected chi connectivity index (χ2v) is 6.23. The van der Waals surface area contributed by atoms with Crippen LogP contribution in [-0.2, 0) is 15.9 Å². The first kappa shape index (κ1) is 16.2. The molecule has 0 unspecified atom stereocenters. The van der Waals surface area contributed by atoms with Crippen LogP contribution in [0.1, 0.15) is 5.56 Å². The van der Waals surface area contributed by atoms with Gasteiger partial charge in [-0.1, -0.05) is 66.1 Å². The number of hydrogen-bond acceptors (Lipinski definition) is 2. The van der Waals surface area contributed by atoms with E-state index in [-0.39, 0.29) is 0 Å². The van der Waals surface area contributed by atoms with E-state index >= 15 is 4.32 Å². The SMILES string of the molecule is CN(C)/C=[N+]1/[C@@H](Cc2ccccc2)C(=O)O[B@@-]1(F)c1ccccc1. The monoisotopic (exact) mass is 326 g/mol. The summed E-state index contributed by atoms with van der Waals surface area (Å²) in [6, 6.07) is 17.5. The predicted molar refractivity (Wildman–Crippen MR) is 93.0 cm³/mol. The summed E-state index contributed by atoms with van der Waals surface area (Å²) in [5.41, 5.74) is 1.32. The molecule has 1 aliphatic rings. The normalized spacial score (nSPS) is 24.9. The van der Waals surface area contributed by atoms with Crippen LogP contribution in [0.15, 0.2) is 60.7 Å². The van der Waals surface area contributed by atoms with E-state index in [2.05, 4.69) is 0 Å². The molecule has 0 spiro atoms. The Morgan fingerprint density at radius 3 is 2.29 bits per heavy atom. The lowest BCUT2D eigenvalue weighted by atomic mass is 9.67. The van der Waals surface area contributed by atoms with E-state index in [1.165, 1.54) is 4.49 Å². The molecular formula is C18H20BFN2O2. The highest BCUT2D eigenvalue weighted by Gasteiger charge is 2.53. The molecule has 6 heteroatoms. The van der Waals surface area contributed by atoms with E-state index in [1.807, 2.05) is 30.3 Å². The Bertz CT molecular complexity index is 752. The molecule has 4 nitrogen and oxygen atoms in total. The molecule has 2 aromatic rings. The fourth-order valence-corrected chi connectivity index (χ4v) is 3.04. The Morgan fingerprint density at radius 1 is 1.12 bits per heavy atom. The summed E-state index contributed by atoms with van der Waals surface area (Å²) >= 11 is 0. The van der Waals surface area contributed by atoms with Gasteiger partial charge in [0.05, 0.1) is 14.1 Å². The second-order valence-electron chi connectivity index (χ2n) is 6.23. The molecule has 0 radical (unpaired) electrons. The number of rotatable bonds is 4. The minimum atomic E-state index is -3.09. The van der Waals surface area contributed by atoms with Gasteiger partial charge >= 0.3 is 12.7 Å². The zero-order valence-electron chi connectivity index (χ0n) is 13.8. The van der Waals surface area contributed by atoms with Crippen LogP contribution in [0.4, 0.5) is 4.32 Å². The lowest BCUT2D eigenvalue weighted by molar-refractivity contribution is -0.432. The van der Waals surface area contributed by atoms with Crippen LogP contribution < -0.4 is 5.46 Å². The highest BCUT2D eigenvalue weighted by atomic mass is 19.1. The molecule has 0 bridgehead atoms. The summed E-state index contributed by atoms with van der Waals surface area (Å²) in [6.07, 6.45) is 2.00. The van der Waals surface area contributed by atoms with Crippen molar-refractivity contribution in [1.82, 2.24) is 4.90 Å². The van der Waals surface area contributed by atoms with Crippen LogP contribution in [0.3, 0.4) is 0 Å². The predicted octanol–water partition coefficient (Wildman–Crippen LogP) is 1.57. The third kappa shape index (κ3) is 3.04. The van der Waals surface area contributed by atoms with E-state index in [0.717, 1.165) is 5.56 Å². The molecular weight excluding hydrogens is 306 g/mol. The van der Waals surface area contributed by atoms with Crippen molar-refractivity contribution in [3.63, 3.8) is 0 Å². The average molecular weight is 326 g/mol. The first-order valence-electron chi connectivity index (χ1n) is 7.95. The van der Waals surface area contributed by atoms with Crippen LogP contribution >= 0.6 is 0 Å². The minimum absolute atomic E-state index is 0.361. The van der Waals surface area contributed by atoms with Gasteiger partial charge in [0.15, 0.2) is 12.4 Å². The number of hydrogen-bond donors (Lipinski definition) is 0. The Balaban J connectivity index is 2.02. The van der Waals surface area contributed by atoms with Crippen molar-refractivity contribution in [3.8, 4) is 0 Å². The summed E-state index contributed by atoms with van der Waals surface area (Å²) in [4.78, 5) is 14.2. The molecule has 1 fully saturated rings. The van der Waals surface area contributed by atoms with Gasteiger partial charge in [-0.3, -0.25) is 9.69 Å². The first-order valence-corrected chi connectivity index (χ1v) is 7.95. The molecule has 1 heterocycles. The van der Waals surface area contributed by atoms with E-state index in [0.29, 0.717) is 11.9 Å². The van der Waals surface area contributed by atoms with Crippen molar-refractivity contribution in [2.24, 2.45) is 0 Å². The zero-order chi connectivity index (χ0) is 17.2. The fourth-order valence-electron chi connectivity index (χ4n) is 3.04. The van der Waals surface area contributed by atoms with Gasteiger partial charge in [-0.15, -0.1) is 0 Å². The maximum absolute atomic E-state index is 15.8. The molecule has 3 rings (SSSR count). The van der Waals surface area contributed by atoms with Crippen molar-refractivity contribution in [3.05, 3.63) is 66.2 Å². The second kappa shape index (κ2) is 6.47. The Kier molecular flexibility index (Phi) is 4.38. The van der Waals surface area contributed by atoms with E-state index in [4.69, 9.17) is 4.65 Å². The maximum atomic E-state index is 15.8. The summed E-state index contributed by atoms with van der Waals surface area (Å²) < 4.78 is 22.4. The minimum Gasteiger partial charge on any atom is -0.619 e. The third-order valence-electron chi connectivity index (χ3n) is 4.13. The Morgan fingerprint density at radius 2 is 1.71 bits per heavy atom. The topological polar surface area (TPSA) is 32.5 Å². The van der Waals surface area contributed by atoms with Gasteiger partial charge in [-0.2, -0.15) is 0 Å². The van der Waals surface area contributed by atoms with Crippen LogP contribution in [0, 0.1) is 0 Å². The van der Waals surface area contributed by atoms with Crippen LogP contribution in [-0.4, -0.2) is 48.6 Å². The molecule has 2 aromatic carbocycles. The lowest BCUT2D eigenvalue weighted by Crippen LogP contribution is -2.55. The molecule has 0 N–H and O–H groups in total. The van der Waals surface area contributed by atoms with Crippen molar-refractivity contribution >= 4 is 24.5 Å². The van der Waals surface area contributed by atoms with E-state index in [9.17, 15) is 4.79 Å². The fraction of sp³-hybridized carbons (Fsp3) is 0.222. The molecule has 1 aliphatic heterocycles. The maximum Gasteiger partial charge on any atom is 0.567 e. The number of carbonyl (C=O) groups is 1. The van der Waals surface area contributed by atoms with Crippen molar-refractivity contribution in [2.75, 3.05) is 14.1 Å². The quantitative estimate of drug-likeness (QED) is 0.632. The summed E-state index contributed by atoms with van der Waals surface area (Å²) in [7, 11) is 3.59. The Hall–Kier alpha value is -2.63. The molecule has 0 aliphatic carbocycles. The van der Waals surface area contributed by atoms with E-state index < -0.39 is 18.8 Å². The standard InChI is InChI=1S/C18H20BFN2O2/c1-21(2)14-22-17(13-15-9-5-3-6-10-15)18(23)24-19(22,20)16-11-7-4-8-12-16/h3-12,14,17H,13H2,1-2H3/b22-14-/t17-,19+/m0/s1. The first-order chi connectivity index (χ1) is 11.5. The van der Waals surface area contributed by atoms with Gasteiger partial charge in [0.1, 0.15) is 0 Å². The van der Waals surface area contributed by atoms with Crippen molar-refractivity contribution in [2.45, 2.75) is 12.5 Å². The van der Waals surface area contributed by atoms with Gasteiger partial charge in [0.25, 0.3) is 0 Å². The van der Waals surface area contributed by atoms with Gasteiger partial charge in [-0.25, -0.2) is 0 Å². The zero-order valence-corrected chi connectivity index (χ0v) is 13.8. The van der Waals surface area contributed by atoms with Gasteiger partial charge in [0, 0.05) is 6.42 Å². The highest BCUT2D eigenvalue weighted by molar-refractivity contribution is 6.76. The number of benzene rings is 2. The van der Waals surface area contributed by atoms with Gasteiger partial charge in [-0.05, 0) is 5.56 Å². The largest absolute Gasteiger partial charge is 0.619 e. The lowest BCUT2D eigenvalue weighted by Gasteiger charge is -2.27. The molecule has 0 aromatic heterocycles. The summed E-state index contributed by atoms with van der Waals surface area (Å²) in [5.74, 6) is -0.539. The molecule has 24 heavy (non-hydrogen) atoms. The van der Waals surface area contributed by atoms with Crippen LogP contribution in [0.5, 0.6) is 0 Å². The highest BCUT2D eigenvalue weighted by Crippen LogP contribution is 2.24. The third-order valence-corrected chi connectivity index (χ3v) is 4.13. The van der Waals surface area contributed by atoms with E-state index in [1.54, 1.807) is 55.7 Å². The summed E-state index contributed by atoms with van der Waals surface area (Å²) in [6.45, 7) is -3.09. The average Bonchev–Trinajstić information content (AvgIpc) is 2.81. The molecule has 2 atom stereocenters. The molecule has 124 valence electrons. The van der Waals surface area contributed by atoms with Gasteiger partial charge < -0.3 is 13.5 Å². The van der Waals surface area contributed by atoms with Crippen molar-refractivity contribution in [1.29, 1.82) is 0 Å². The van der Waals surface area contributed by atoms with Crippen LogP contribution in [0.2, 0.25) is 0 Å². The van der Waals surface area contributed by atoms with Crippen LogP contribution in [0.25, 0.3) is 0 Å². The number of nitrogens with zero attached hydrogens (tertiary/aromatic N) is 2.